The predicted molar refractivity (Wildman–Crippen MR) is 102 cm³/mol. The van der Waals surface area contributed by atoms with Gasteiger partial charge in [0.1, 0.15) is 5.02 Å². The third-order valence-corrected chi connectivity index (χ3v) is 4.60. The van der Waals surface area contributed by atoms with Crippen molar-refractivity contribution in [2.24, 2.45) is 0 Å². The summed E-state index contributed by atoms with van der Waals surface area (Å²) in [5.41, 5.74) is 7.72. The minimum absolute atomic E-state index is 0.189. The van der Waals surface area contributed by atoms with E-state index in [1.165, 1.54) is 16.8 Å². The van der Waals surface area contributed by atoms with Gasteiger partial charge in [0.05, 0.1) is 6.20 Å². The monoisotopic (exact) mass is 359 g/mol. The van der Waals surface area contributed by atoms with Crippen molar-refractivity contribution in [3.63, 3.8) is 0 Å². The Hall–Kier alpha value is -2.18. The Labute approximate surface area is 150 Å². The summed E-state index contributed by atoms with van der Waals surface area (Å²) >= 11 is 7.87. The van der Waals surface area contributed by atoms with Crippen molar-refractivity contribution in [2.75, 3.05) is 23.3 Å². The molecular weight excluding hydrogens is 342 g/mol. The molecule has 0 aliphatic heterocycles. The average molecular weight is 360 g/mol. The van der Waals surface area contributed by atoms with Crippen LogP contribution in [0.5, 0.6) is 0 Å². The van der Waals surface area contributed by atoms with E-state index in [9.17, 15) is 0 Å². The van der Waals surface area contributed by atoms with E-state index in [-0.39, 0.29) is 5.95 Å². The molecule has 4 N–H and O–H groups in total. The number of hydrogen-bond acceptors (Lipinski definition) is 6. The molecule has 2 aromatic rings. The van der Waals surface area contributed by atoms with Crippen LogP contribution in [0, 0.1) is 0 Å². The van der Waals surface area contributed by atoms with Gasteiger partial charge < -0.3 is 16.4 Å². The number of nitrogen functional groups attached to an aromatic ring is 1. The molecule has 0 fully saturated rings. The fraction of sp³-hybridized carbons (Fsp3) is 0.176. The predicted octanol–water partition coefficient (Wildman–Crippen LogP) is 3.98. The smallest absolute Gasteiger partial charge is 0.222 e. The molecular formula is C17H18ClN5S. The number of anilines is 3. The number of nitrogens with one attached hydrogen (secondary N) is 2. The van der Waals surface area contributed by atoms with Crippen LogP contribution in [-0.4, -0.2) is 22.3 Å². The van der Waals surface area contributed by atoms with Crippen LogP contribution < -0.4 is 16.4 Å². The fourth-order valence-electron chi connectivity index (χ4n) is 2.22. The van der Waals surface area contributed by atoms with Gasteiger partial charge in [-0.15, -0.1) is 11.8 Å². The van der Waals surface area contributed by atoms with E-state index >= 15 is 0 Å². The number of thioether (sulfide) groups is 1. The summed E-state index contributed by atoms with van der Waals surface area (Å²) in [6.45, 7) is 0.923. The van der Waals surface area contributed by atoms with E-state index in [1.54, 1.807) is 11.8 Å². The second kappa shape index (κ2) is 8.08. The molecule has 0 saturated heterocycles. The highest BCUT2D eigenvalue weighted by atomic mass is 35.5. The molecule has 0 radical (unpaired) electrons. The van der Waals surface area contributed by atoms with Crippen LogP contribution in [0.15, 0.2) is 59.3 Å². The number of aromatic nitrogens is 2. The zero-order chi connectivity index (χ0) is 16.8. The average Bonchev–Trinajstić information content (AvgIpc) is 3.09. The molecule has 0 amide bonds. The first-order valence-corrected chi connectivity index (χ1v) is 8.95. The lowest BCUT2D eigenvalue weighted by atomic mass is 10.3. The normalized spacial score (nSPS) is 13.0. The second-order valence-electron chi connectivity index (χ2n) is 5.15. The molecule has 0 spiro atoms. The number of benzene rings is 1. The van der Waals surface area contributed by atoms with Gasteiger partial charge in [0, 0.05) is 28.6 Å². The van der Waals surface area contributed by atoms with E-state index in [2.05, 4.69) is 51.0 Å². The molecule has 1 aliphatic rings. The lowest BCUT2D eigenvalue weighted by Crippen LogP contribution is -2.14. The molecule has 0 atom stereocenters. The topological polar surface area (TPSA) is 75.9 Å². The summed E-state index contributed by atoms with van der Waals surface area (Å²) in [6.07, 6.45) is 8.97. The minimum atomic E-state index is 0.189. The molecule has 1 aromatic carbocycles. The number of hydrogen-bond donors (Lipinski definition) is 3. The standard InChI is InChI=1S/C17H18ClN5S/c18-15-11-21-17(19)23-16(15)22-13-6-3-7-14(10-13)24-9-8-20-12-4-1-2-5-12/h1,3-7,10-11,20H,2,8-9H2,(H3,19,21,22,23). The van der Waals surface area contributed by atoms with Gasteiger partial charge >= 0.3 is 0 Å². The third-order valence-electron chi connectivity index (χ3n) is 3.33. The molecule has 1 aliphatic carbocycles. The number of halogens is 1. The first-order chi connectivity index (χ1) is 11.7. The van der Waals surface area contributed by atoms with Crippen LogP contribution in [0.4, 0.5) is 17.5 Å². The van der Waals surface area contributed by atoms with Gasteiger partial charge in [-0.3, -0.25) is 0 Å². The van der Waals surface area contributed by atoms with Crippen molar-refractivity contribution < 1.29 is 0 Å². The Morgan fingerprint density at radius 3 is 3.08 bits per heavy atom. The SMILES string of the molecule is Nc1ncc(Cl)c(Nc2cccc(SCCNC3=CCC=C3)c2)n1. The summed E-state index contributed by atoms with van der Waals surface area (Å²) in [5, 5.41) is 7.02. The molecule has 7 heteroatoms. The van der Waals surface area contributed by atoms with Crippen LogP contribution in [0.2, 0.25) is 5.02 Å². The van der Waals surface area contributed by atoms with E-state index in [0.717, 1.165) is 24.4 Å². The first-order valence-electron chi connectivity index (χ1n) is 7.59. The van der Waals surface area contributed by atoms with Crippen LogP contribution in [-0.2, 0) is 0 Å². The highest BCUT2D eigenvalue weighted by Crippen LogP contribution is 2.26. The summed E-state index contributed by atoms with van der Waals surface area (Å²) in [6, 6.07) is 8.11. The van der Waals surface area contributed by atoms with Crippen molar-refractivity contribution in [2.45, 2.75) is 11.3 Å². The third kappa shape index (κ3) is 4.66. The van der Waals surface area contributed by atoms with Crippen molar-refractivity contribution >= 4 is 40.8 Å². The van der Waals surface area contributed by atoms with Gasteiger partial charge in [-0.25, -0.2) is 4.98 Å². The molecule has 0 bridgehead atoms. The Morgan fingerprint density at radius 2 is 2.25 bits per heavy atom. The van der Waals surface area contributed by atoms with Crippen LogP contribution in [0.25, 0.3) is 0 Å². The molecule has 0 unspecified atom stereocenters. The van der Waals surface area contributed by atoms with Gasteiger partial charge in [-0.1, -0.05) is 29.8 Å². The summed E-state index contributed by atoms with van der Waals surface area (Å²) in [5.74, 6) is 1.68. The molecule has 124 valence electrons. The lowest BCUT2D eigenvalue weighted by Gasteiger charge is -2.10. The molecule has 0 saturated carbocycles. The first kappa shape index (κ1) is 16.7. The highest BCUT2D eigenvalue weighted by Gasteiger charge is 2.05. The number of rotatable bonds is 7. The zero-order valence-electron chi connectivity index (χ0n) is 13.0. The van der Waals surface area contributed by atoms with Gasteiger partial charge in [-0.2, -0.15) is 4.98 Å². The lowest BCUT2D eigenvalue weighted by molar-refractivity contribution is 0.888. The Balaban J connectivity index is 1.55. The Bertz CT molecular complexity index is 775. The quantitative estimate of drug-likeness (QED) is 0.512. The largest absolute Gasteiger partial charge is 0.384 e. The Morgan fingerprint density at radius 1 is 1.33 bits per heavy atom. The van der Waals surface area contributed by atoms with Crippen LogP contribution in [0.1, 0.15) is 6.42 Å². The second-order valence-corrected chi connectivity index (χ2v) is 6.73. The number of nitrogens with zero attached hydrogens (tertiary/aromatic N) is 2. The van der Waals surface area contributed by atoms with Gasteiger partial charge in [0.15, 0.2) is 5.82 Å². The van der Waals surface area contributed by atoms with Gasteiger partial charge in [0.2, 0.25) is 5.95 Å². The zero-order valence-corrected chi connectivity index (χ0v) is 14.6. The van der Waals surface area contributed by atoms with Crippen LogP contribution in [0.3, 0.4) is 0 Å². The number of allylic oxidation sites excluding steroid dienone is 3. The Kier molecular flexibility index (Phi) is 5.61. The highest BCUT2D eigenvalue weighted by molar-refractivity contribution is 7.99. The van der Waals surface area contributed by atoms with Crippen molar-refractivity contribution in [1.82, 2.24) is 15.3 Å². The van der Waals surface area contributed by atoms with Crippen molar-refractivity contribution in [3.05, 3.63) is 59.4 Å². The summed E-state index contributed by atoms with van der Waals surface area (Å²) < 4.78 is 0. The van der Waals surface area contributed by atoms with Crippen molar-refractivity contribution in [1.29, 1.82) is 0 Å². The van der Waals surface area contributed by atoms with E-state index in [1.807, 2.05) is 12.1 Å². The molecule has 24 heavy (non-hydrogen) atoms. The molecule has 1 heterocycles. The maximum Gasteiger partial charge on any atom is 0.222 e. The van der Waals surface area contributed by atoms with E-state index in [0.29, 0.717) is 10.8 Å². The maximum atomic E-state index is 6.08. The summed E-state index contributed by atoms with van der Waals surface area (Å²) in [7, 11) is 0. The maximum absolute atomic E-state index is 6.08. The van der Waals surface area contributed by atoms with Crippen molar-refractivity contribution in [3.8, 4) is 0 Å². The molecule has 1 aromatic heterocycles. The summed E-state index contributed by atoms with van der Waals surface area (Å²) in [4.78, 5) is 9.14. The fourth-order valence-corrected chi connectivity index (χ4v) is 3.19. The molecule has 5 nitrogen and oxygen atoms in total. The van der Waals surface area contributed by atoms with Gasteiger partial charge in [-0.05, 0) is 30.7 Å². The minimum Gasteiger partial charge on any atom is -0.384 e. The van der Waals surface area contributed by atoms with E-state index < -0.39 is 0 Å². The van der Waals surface area contributed by atoms with Crippen LogP contribution >= 0.6 is 23.4 Å². The number of nitrogens with two attached hydrogens (primary N) is 1. The van der Waals surface area contributed by atoms with Gasteiger partial charge in [0.25, 0.3) is 0 Å². The molecule has 3 rings (SSSR count). The van der Waals surface area contributed by atoms with E-state index in [4.69, 9.17) is 17.3 Å².